The Kier molecular flexibility index (Phi) is 6.71. The summed E-state index contributed by atoms with van der Waals surface area (Å²) >= 11 is 6.53. The molecule has 37 heavy (non-hydrogen) atoms. The third-order valence-electron chi connectivity index (χ3n) is 5.71. The Hall–Kier alpha value is -3.58. The van der Waals surface area contributed by atoms with Crippen LogP contribution in [0.1, 0.15) is 33.8 Å². The lowest BCUT2D eigenvalue weighted by atomic mass is 10.0. The van der Waals surface area contributed by atoms with Gasteiger partial charge in [0.15, 0.2) is 5.13 Å². The van der Waals surface area contributed by atoms with E-state index in [9.17, 15) is 36.3 Å². The van der Waals surface area contributed by atoms with Gasteiger partial charge in [-0.25, -0.2) is 13.8 Å². The summed E-state index contributed by atoms with van der Waals surface area (Å²) in [7, 11) is 0. The molecule has 1 heterocycles. The number of benzene rings is 2. The number of hydrogen-bond donors (Lipinski definition) is 2. The van der Waals surface area contributed by atoms with Crippen LogP contribution in [0.4, 0.5) is 38.5 Å². The van der Waals surface area contributed by atoms with Gasteiger partial charge in [0.1, 0.15) is 21.9 Å². The zero-order chi connectivity index (χ0) is 27.3. The molecule has 0 unspecified atom stereocenters. The number of rotatable bonds is 6. The molecule has 0 spiro atoms. The van der Waals surface area contributed by atoms with E-state index in [1.165, 1.54) is 6.92 Å². The first-order valence-corrected chi connectivity index (χ1v) is 11.7. The van der Waals surface area contributed by atoms with Gasteiger partial charge in [0.25, 0.3) is 5.91 Å². The summed E-state index contributed by atoms with van der Waals surface area (Å²) in [6.45, 7) is 1.37. The van der Waals surface area contributed by atoms with Crippen LogP contribution in [-0.4, -0.2) is 22.7 Å². The topological polar surface area (TPSA) is 105 Å². The second-order valence-electron chi connectivity index (χ2n) is 8.24. The van der Waals surface area contributed by atoms with E-state index in [1.807, 2.05) is 0 Å². The Labute approximate surface area is 215 Å². The lowest BCUT2D eigenvalue weighted by Gasteiger charge is -2.24. The molecule has 0 radical (unpaired) electrons. The average molecular weight is 559 g/mol. The molecule has 4 rings (SSSR count). The van der Waals surface area contributed by atoms with Crippen molar-refractivity contribution < 1.29 is 36.3 Å². The number of nitrogens with two attached hydrogens (primary N) is 1. The first-order chi connectivity index (χ1) is 17.2. The van der Waals surface area contributed by atoms with E-state index in [0.717, 1.165) is 30.3 Å². The largest absolute Gasteiger partial charge is 0.416 e. The molecule has 0 atom stereocenters. The standard InChI is InChI=1S/C23H16ClF5N4O3S/c1-10-17(18(34)32-15-8-11(23(27,28)29)2-4-13(15)24)37-21(31-10)33(16-9-12(25)3-5-14(16)26)20(36)22(6-7-22)19(30)35/h2-5,8-9H,6-7H2,1H3,(H2,30,35)(H,32,34). The minimum Gasteiger partial charge on any atom is -0.369 e. The van der Waals surface area contributed by atoms with E-state index in [1.54, 1.807) is 0 Å². The highest BCUT2D eigenvalue weighted by Crippen LogP contribution is 2.50. The lowest BCUT2D eigenvalue weighted by Crippen LogP contribution is -2.41. The van der Waals surface area contributed by atoms with E-state index >= 15 is 0 Å². The number of carbonyl (C=O) groups is 3. The number of halogens is 6. The van der Waals surface area contributed by atoms with Gasteiger partial charge in [0, 0.05) is 6.07 Å². The Morgan fingerprint density at radius 2 is 1.81 bits per heavy atom. The maximum Gasteiger partial charge on any atom is 0.416 e. The van der Waals surface area contributed by atoms with Crippen molar-refractivity contribution in [3.8, 4) is 0 Å². The second-order valence-corrected chi connectivity index (χ2v) is 9.62. The van der Waals surface area contributed by atoms with Crippen LogP contribution in [-0.2, 0) is 15.8 Å². The van der Waals surface area contributed by atoms with Crippen LogP contribution in [0.25, 0.3) is 0 Å². The van der Waals surface area contributed by atoms with Crippen LogP contribution in [0.15, 0.2) is 36.4 Å². The molecule has 0 bridgehead atoms. The number of amides is 3. The molecular weight excluding hydrogens is 543 g/mol. The van der Waals surface area contributed by atoms with Crippen molar-refractivity contribution in [2.75, 3.05) is 10.2 Å². The predicted octanol–water partition coefficient (Wildman–Crippen LogP) is 5.58. The molecule has 1 saturated carbocycles. The summed E-state index contributed by atoms with van der Waals surface area (Å²) in [6.07, 6.45) is -4.52. The van der Waals surface area contributed by atoms with Crippen LogP contribution < -0.4 is 16.0 Å². The molecule has 14 heteroatoms. The molecule has 0 aliphatic heterocycles. The number of nitrogens with zero attached hydrogens (tertiary/aromatic N) is 2. The van der Waals surface area contributed by atoms with Crippen molar-refractivity contribution in [2.45, 2.75) is 25.9 Å². The predicted molar refractivity (Wildman–Crippen MR) is 126 cm³/mol. The summed E-state index contributed by atoms with van der Waals surface area (Å²) in [4.78, 5) is 43.0. The number of primary amides is 1. The number of hydrogen-bond acceptors (Lipinski definition) is 5. The van der Waals surface area contributed by atoms with Gasteiger partial charge in [0.05, 0.1) is 27.7 Å². The molecule has 0 saturated heterocycles. The number of aromatic nitrogens is 1. The highest BCUT2D eigenvalue weighted by atomic mass is 35.5. The fourth-order valence-corrected chi connectivity index (χ4v) is 4.67. The van der Waals surface area contributed by atoms with Crippen molar-refractivity contribution in [2.24, 2.45) is 11.1 Å². The first-order valence-electron chi connectivity index (χ1n) is 10.5. The zero-order valence-corrected chi connectivity index (χ0v) is 20.3. The Bertz CT molecular complexity index is 1440. The third kappa shape index (κ3) is 5.01. The van der Waals surface area contributed by atoms with Gasteiger partial charge in [-0.05, 0) is 50.1 Å². The third-order valence-corrected chi connectivity index (χ3v) is 7.18. The molecular formula is C23H16ClF5N4O3S. The maximum atomic E-state index is 14.7. The number of nitrogens with one attached hydrogen (secondary N) is 1. The number of thiazole rings is 1. The molecule has 7 nitrogen and oxygen atoms in total. The maximum absolute atomic E-state index is 14.7. The summed E-state index contributed by atoms with van der Waals surface area (Å²) in [6, 6.07) is 4.70. The number of alkyl halides is 3. The normalized spacial score (nSPS) is 14.2. The van der Waals surface area contributed by atoms with E-state index in [4.69, 9.17) is 17.3 Å². The van der Waals surface area contributed by atoms with Gasteiger partial charge in [-0.2, -0.15) is 13.2 Å². The quantitative estimate of drug-likeness (QED) is 0.304. The fourth-order valence-electron chi connectivity index (χ4n) is 3.53. The average Bonchev–Trinajstić information content (AvgIpc) is 3.54. The second kappa shape index (κ2) is 9.38. The van der Waals surface area contributed by atoms with Crippen molar-refractivity contribution in [3.05, 3.63) is 69.2 Å². The van der Waals surface area contributed by atoms with E-state index in [2.05, 4.69) is 10.3 Å². The number of aryl methyl sites for hydroxylation is 1. The summed E-state index contributed by atoms with van der Waals surface area (Å²) in [5.74, 6) is -4.71. The van der Waals surface area contributed by atoms with Crippen LogP contribution in [0.2, 0.25) is 5.02 Å². The molecule has 3 amide bonds. The SMILES string of the molecule is Cc1nc(N(C(=O)C2(C(N)=O)CC2)c2cc(F)ccc2F)sc1C(=O)Nc1cc(C(F)(F)F)ccc1Cl. The van der Waals surface area contributed by atoms with Crippen molar-refractivity contribution in [3.63, 3.8) is 0 Å². The molecule has 1 aliphatic rings. The highest BCUT2D eigenvalue weighted by Gasteiger charge is 2.58. The smallest absolute Gasteiger partial charge is 0.369 e. The Morgan fingerprint density at radius 3 is 2.41 bits per heavy atom. The Balaban J connectivity index is 1.74. The molecule has 2 aromatic carbocycles. The lowest BCUT2D eigenvalue weighted by molar-refractivity contribution is -0.137. The van der Waals surface area contributed by atoms with Crippen molar-refractivity contribution >= 4 is 57.2 Å². The van der Waals surface area contributed by atoms with Crippen molar-refractivity contribution in [1.82, 2.24) is 4.98 Å². The van der Waals surface area contributed by atoms with Gasteiger partial charge in [-0.15, -0.1) is 0 Å². The van der Waals surface area contributed by atoms with E-state index in [0.29, 0.717) is 22.3 Å². The van der Waals surface area contributed by atoms with Crippen LogP contribution >= 0.6 is 22.9 Å². The van der Waals surface area contributed by atoms with Gasteiger partial charge >= 0.3 is 6.18 Å². The molecule has 3 aromatic rings. The van der Waals surface area contributed by atoms with E-state index < -0.39 is 52.2 Å². The first kappa shape index (κ1) is 26.5. The van der Waals surface area contributed by atoms with E-state index in [-0.39, 0.29) is 39.3 Å². The monoisotopic (exact) mass is 558 g/mol. The molecule has 1 aromatic heterocycles. The molecule has 194 valence electrons. The number of carbonyl (C=O) groups excluding carboxylic acids is 3. The molecule has 3 N–H and O–H groups in total. The molecule has 1 aliphatic carbocycles. The zero-order valence-electron chi connectivity index (χ0n) is 18.8. The van der Waals surface area contributed by atoms with Gasteiger partial charge in [-0.3, -0.25) is 19.3 Å². The summed E-state index contributed by atoms with van der Waals surface area (Å²) in [5.41, 5.74) is 1.84. The van der Waals surface area contributed by atoms with Crippen LogP contribution in [0.3, 0.4) is 0 Å². The van der Waals surface area contributed by atoms with Gasteiger partial charge in [0.2, 0.25) is 11.8 Å². The minimum absolute atomic E-state index is 0.0270. The van der Waals surface area contributed by atoms with Crippen LogP contribution in [0, 0.1) is 24.0 Å². The summed E-state index contributed by atoms with van der Waals surface area (Å²) < 4.78 is 68.0. The van der Waals surface area contributed by atoms with Gasteiger partial charge < -0.3 is 11.1 Å². The Morgan fingerprint density at radius 1 is 1.14 bits per heavy atom. The molecule has 1 fully saturated rings. The minimum atomic E-state index is -4.69. The fraction of sp³-hybridized carbons (Fsp3) is 0.217. The van der Waals surface area contributed by atoms with Gasteiger partial charge in [-0.1, -0.05) is 22.9 Å². The summed E-state index contributed by atoms with van der Waals surface area (Å²) in [5, 5.41) is 1.83. The highest BCUT2D eigenvalue weighted by molar-refractivity contribution is 7.18. The van der Waals surface area contributed by atoms with Crippen LogP contribution in [0.5, 0.6) is 0 Å². The number of anilines is 3. The van der Waals surface area contributed by atoms with Crippen molar-refractivity contribution in [1.29, 1.82) is 0 Å².